The number of ketones is 1. The maximum atomic E-state index is 14.5. The third-order valence-corrected chi connectivity index (χ3v) is 9.57. The van der Waals surface area contributed by atoms with Crippen LogP contribution in [0.3, 0.4) is 0 Å². The fourth-order valence-electron chi connectivity index (χ4n) is 7.90. The SMILES string of the molecule is O=C1CC(n2cc(-c3cncc([C@@]45CC6C7[C@@H](c8cc(-c9c(F)cccc9F)nnc84)C675)n3)cn2)C1. The molecule has 7 nitrogen and oxygen atoms in total. The van der Waals surface area contributed by atoms with Gasteiger partial charge in [0.15, 0.2) is 0 Å². The van der Waals surface area contributed by atoms with E-state index in [1.807, 2.05) is 23.1 Å². The fourth-order valence-corrected chi connectivity index (χ4v) is 7.90. The molecular formula is C27H18F2N6O. The number of hydrogen-bond donors (Lipinski definition) is 0. The molecular weight excluding hydrogens is 462 g/mol. The number of benzene rings is 1. The third kappa shape index (κ3) is 1.96. The molecule has 4 aromatic rings. The van der Waals surface area contributed by atoms with Crippen LogP contribution in [0.25, 0.3) is 22.5 Å². The van der Waals surface area contributed by atoms with Crippen molar-refractivity contribution in [2.24, 2.45) is 17.3 Å². The maximum Gasteiger partial charge on any atom is 0.137 e. The van der Waals surface area contributed by atoms with Crippen LogP contribution in [0.15, 0.2) is 49.1 Å². The van der Waals surface area contributed by atoms with Gasteiger partial charge in [-0.1, -0.05) is 6.07 Å². The molecule has 176 valence electrons. The highest BCUT2D eigenvalue weighted by Gasteiger charge is 3.03. The molecule has 0 N–H and O–H groups in total. The second-order valence-electron chi connectivity index (χ2n) is 10.9. The van der Waals surface area contributed by atoms with Gasteiger partial charge in [0.1, 0.15) is 17.4 Å². The van der Waals surface area contributed by atoms with Crippen molar-refractivity contribution in [2.75, 3.05) is 0 Å². The Morgan fingerprint density at radius 3 is 2.64 bits per heavy atom. The van der Waals surface area contributed by atoms with Crippen LogP contribution in [-0.2, 0) is 10.2 Å². The maximum absolute atomic E-state index is 14.5. The van der Waals surface area contributed by atoms with Crippen molar-refractivity contribution < 1.29 is 13.6 Å². The van der Waals surface area contributed by atoms with Crippen LogP contribution in [0, 0.1) is 28.9 Å². The molecule has 0 saturated heterocycles. The Kier molecular flexibility index (Phi) is 3.17. The summed E-state index contributed by atoms with van der Waals surface area (Å²) in [6.45, 7) is 0. The zero-order chi connectivity index (χ0) is 24.0. The summed E-state index contributed by atoms with van der Waals surface area (Å²) >= 11 is 0. The molecule has 4 saturated carbocycles. The van der Waals surface area contributed by atoms with Crippen LogP contribution in [0.5, 0.6) is 0 Å². The van der Waals surface area contributed by atoms with E-state index in [4.69, 9.17) is 4.98 Å². The van der Waals surface area contributed by atoms with E-state index in [0.717, 1.165) is 34.6 Å². The van der Waals surface area contributed by atoms with Crippen molar-refractivity contribution in [3.63, 3.8) is 0 Å². The van der Waals surface area contributed by atoms with Gasteiger partial charge < -0.3 is 0 Å². The van der Waals surface area contributed by atoms with Gasteiger partial charge in [-0.25, -0.2) is 13.8 Å². The van der Waals surface area contributed by atoms with E-state index in [-0.39, 0.29) is 33.9 Å². The van der Waals surface area contributed by atoms with Gasteiger partial charge in [-0.15, -0.1) is 5.10 Å². The molecule has 9 rings (SSSR count). The van der Waals surface area contributed by atoms with Crippen LogP contribution in [0.4, 0.5) is 8.78 Å². The van der Waals surface area contributed by atoms with Gasteiger partial charge in [-0.05, 0) is 47.9 Å². The Morgan fingerprint density at radius 1 is 1.03 bits per heavy atom. The van der Waals surface area contributed by atoms with E-state index in [2.05, 4.69) is 20.3 Å². The summed E-state index contributed by atoms with van der Waals surface area (Å²) < 4.78 is 30.8. The lowest BCUT2D eigenvalue weighted by atomic mass is 9.59. The molecule has 9 heteroatoms. The van der Waals surface area contributed by atoms with Gasteiger partial charge in [0, 0.05) is 36.2 Å². The predicted molar refractivity (Wildman–Crippen MR) is 121 cm³/mol. The molecule has 0 bridgehead atoms. The first-order chi connectivity index (χ1) is 17.5. The summed E-state index contributed by atoms with van der Waals surface area (Å²) in [5.74, 6) is 0.563. The number of carbonyl (C=O) groups excluding carboxylic acids is 1. The third-order valence-electron chi connectivity index (χ3n) is 9.57. The topological polar surface area (TPSA) is 86.5 Å². The predicted octanol–water partition coefficient (Wildman–Crippen LogP) is 4.01. The first-order valence-electron chi connectivity index (χ1n) is 12.3. The quantitative estimate of drug-likeness (QED) is 0.439. The van der Waals surface area contributed by atoms with Crippen LogP contribution in [0.1, 0.15) is 48.2 Å². The lowest BCUT2D eigenvalue weighted by Gasteiger charge is -2.43. The van der Waals surface area contributed by atoms with Crippen LogP contribution < -0.4 is 0 Å². The first-order valence-corrected chi connectivity index (χ1v) is 12.3. The molecule has 0 radical (unpaired) electrons. The molecule has 3 heterocycles. The Morgan fingerprint density at radius 2 is 1.86 bits per heavy atom. The van der Waals surface area contributed by atoms with Crippen LogP contribution in [-0.4, -0.2) is 35.7 Å². The minimum atomic E-state index is -0.637. The van der Waals surface area contributed by atoms with Crippen molar-refractivity contribution in [2.45, 2.75) is 36.6 Å². The van der Waals surface area contributed by atoms with Gasteiger partial charge in [0.25, 0.3) is 0 Å². The second-order valence-corrected chi connectivity index (χ2v) is 10.9. The number of rotatable bonds is 4. The van der Waals surface area contributed by atoms with E-state index in [1.165, 1.54) is 18.2 Å². The number of Topliss-reactive ketones (excluding diaryl/α,β-unsaturated/α-hetero) is 1. The summed E-state index contributed by atoms with van der Waals surface area (Å²) in [4.78, 5) is 21.0. The molecule has 0 amide bonds. The smallest absolute Gasteiger partial charge is 0.137 e. The summed E-state index contributed by atoms with van der Waals surface area (Å²) in [7, 11) is 0. The standard InChI is InChI=1S/C27H18F2N6O/c28-17-2-1-3-18(29)22(17)19-6-15-23-24-16-7-26(27(16,23)24,25(15)34-33-19)21-10-30-9-20(32-21)12-8-31-35(11-12)13-4-14(36)5-13/h1-3,6,8-11,13,16,23-24H,4-5,7H2/t16?,23-,24?,26+,27?/m1/s1. The number of aromatic nitrogens is 6. The molecule has 1 spiro atoms. The van der Waals surface area contributed by atoms with Crippen molar-refractivity contribution in [1.29, 1.82) is 0 Å². The average molecular weight is 480 g/mol. The number of hydrogen-bond acceptors (Lipinski definition) is 6. The second kappa shape index (κ2) is 5.91. The largest absolute Gasteiger partial charge is 0.300 e. The van der Waals surface area contributed by atoms with Crippen molar-refractivity contribution >= 4 is 5.78 Å². The molecule has 5 atom stereocenters. The van der Waals surface area contributed by atoms with Gasteiger partial charge in [0.05, 0.1) is 52.2 Å². The fraction of sp³-hybridized carbons (Fsp3) is 0.333. The highest BCUT2D eigenvalue weighted by atomic mass is 19.1. The van der Waals surface area contributed by atoms with Crippen molar-refractivity contribution in [1.82, 2.24) is 29.9 Å². The highest BCUT2D eigenvalue weighted by Crippen LogP contribution is 3.05. The van der Waals surface area contributed by atoms with E-state index in [0.29, 0.717) is 30.6 Å². The molecule has 36 heavy (non-hydrogen) atoms. The van der Waals surface area contributed by atoms with Crippen LogP contribution in [0.2, 0.25) is 0 Å². The molecule has 3 unspecified atom stereocenters. The van der Waals surface area contributed by atoms with Crippen LogP contribution >= 0.6 is 0 Å². The van der Waals surface area contributed by atoms with Crippen molar-refractivity contribution in [3.05, 3.63) is 77.6 Å². The summed E-state index contributed by atoms with van der Waals surface area (Å²) in [5, 5.41) is 13.3. The average Bonchev–Trinajstić information content (AvgIpc) is 3.59. The lowest BCUT2D eigenvalue weighted by molar-refractivity contribution is -0.126. The number of fused-ring (bicyclic) bond motifs is 5. The molecule has 0 aliphatic heterocycles. The number of halogens is 2. The minimum absolute atomic E-state index is 0.111. The Labute approximate surface area is 203 Å². The lowest BCUT2D eigenvalue weighted by Crippen LogP contribution is -2.44. The van der Waals surface area contributed by atoms with Gasteiger partial charge in [-0.3, -0.25) is 14.5 Å². The van der Waals surface area contributed by atoms with Gasteiger partial charge in [0.2, 0.25) is 0 Å². The monoisotopic (exact) mass is 480 g/mol. The van der Waals surface area contributed by atoms with Gasteiger partial charge in [-0.2, -0.15) is 10.2 Å². The summed E-state index contributed by atoms with van der Waals surface area (Å²) in [6, 6.07) is 5.80. The highest BCUT2D eigenvalue weighted by molar-refractivity contribution is 5.85. The molecule has 4 fully saturated rings. The molecule has 1 aromatic carbocycles. The molecule has 3 aromatic heterocycles. The zero-order valence-electron chi connectivity index (χ0n) is 18.9. The molecule has 5 aliphatic rings. The normalized spacial score (nSPS) is 32.3. The minimum Gasteiger partial charge on any atom is -0.300 e. The Balaban J connectivity index is 1.13. The van der Waals surface area contributed by atoms with E-state index in [9.17, 15) is 13.6 Å². The van der Waals surface area contributed by atoms with E-state index in [1.54, 1.807) is 12.4 Å². The number of carbonyl (C=O) groups is 1. The van der Waals surface area contributed by atoms with E-state index >= 15 is 0 Å². The Hall–Kier alpha value is -3.88. The Bertz CT molecular complexity index is 1660. The van der Waals surface area contributed by atoms with E-state index < -0.39 is 11.6 Å². The first kappa shape index (κ1) is 19.3. The summed E-state index contributed by atoms with van der Waals surface area (Å²) in [5.41, 5.74) is 4.29. The number of nitrogens with zero attached hydrogens (tertiary/aromatic N) is 6. The summed E-state index contributed by atoms with van der Waals surface area (Å²) in [6.07, 6.45) is 9.27. The zero-order valence-corrected chi connectivity index (χ0v) is 18.9. The molecule has 5 aliphatic carbocycles. The van der Waals surface area contributed by atoms with Crippen molar-refractivity contribution in [3.8, 4) is 22.5 Å². The van der Waals surface area contributed by atoms with Gasteiger partial charge >= 0.3 is 0 Å².